The maximum Gasteiger partial charge on any atom is 0.435 e. The summed E-state index contributed by atoms with van der Waals surface area (Å²) < 4.78 is 39.4. The van der Waals surface area contributed by atoms with Crippen molar-refractivity contribution in [3.05, 3.63) is 15.0 Å². The highest BCUT2D eigenvalue weighted by atomic mass is 35.5. The summed E-state index contributed by atoms with van der Waals surface area (Å²) >= 11 is 21.7. The Labute approximate surface area is 123 Å². The lowest BCUT2D eigenvalue weighted by Crippen LogP contribution is -2.25. The zero-order chi connectivity index (χ0) is 14.1. The number of hydrogen-bond donors (Lipinski definition) is 0. The Morgan fingerprint density at radius 2 is 1.94 bits per heavy atom. The fraction of sp³-hybridized carbons (Fsp3) is 0.429. The van der Waals surface area contributed by atoms with Crippen LogP contribution in [0.4, 0.5) is 13.2 Å². The molecule has 1 aromatic rings. The molecule has 0 spiro atoms. The molecule has 18 heavy (non-hydrogen) atoms. The van der Waals surface area contributed by atoms with Crippen LogP contribution < -0.4 is 0 Å². The average molecular weight is 363 g/mol. The van der Waals surface area contributed by atoms with Crippen LogP contribution in [0.5, 0.6) is 0 Å². The molecule has 0 aliphatic rings. The van der Waals surface area contributed by atoms with Gasteiger partial charge in [0.25, 0.3) is 4.52 Å². The Morgan fingerprint density at radius 3 is 2.39 bits per heavy atom. The van der Waals surface area contributed by atoms with Gasteiger partial charge in [-0.05, 0) is 0 Å². The number of nitrogens with zero attached hydrogens (tertiary/aromatic N) is 1. The van der Waals surface area contributed by atoms with Crippen molar-refractivity contribution < 1.29 is 22.7 Å². The number of hydrogen-bond acceptors (Lipinski definition) is 4. The number of carbonyl (C=O) groups is 1. The average Bonchev–Trinajstić information content (AvgIpc) is 2.59. The number of alkyl halides is 6. The zero-order valence-corrected chi connectivity index (χ0v) is 11.9. The van der Waals surface area contributed by atoms with Crippen molar-refractivity contribution in [2.45, 2.75) is 10.7 Å². The number of esters is 1. The fourth-order valence-electron chi connectivity index (χ4n) is 0.834. The van der Waals surface area contributed by atoms with Gasteiger partial charge in [0.05, 0.1) is 5.88 Å². The molecule has 1 aromatic heterocycles. The summed E-state index contributed by atoms with van der Waals surface area (Å²) in [6.45, 7) is 0. The first-order valence-electron chi connectivity index (χ1n) is 3.97. The van der Waals surface area contributed by atoms with Crippen molar-refractivity contribution >= 4 is 63.7 Å². The molecule has 0 radical (unpaired) electrons. The van der Waals surface area contributed by atoms with Crippen molar-refractivity contribution in [3.8, 4) is 0 Å². The standard InChI is InChI=1S/C7H2Cl4F3NO2S/c8-1-6(10,11)17-4(16)2-3(7(12,13)14)15-5(9)18-2/h1H2. The molecule has 1 heterocycles. The second-order valence-corrected chi connectivity index (χ2v) is 6.07. The Bertz CT molecular complexity index is 462. The van der Waals surface area contributed by atoms with E-state index in [0.717, 1.165) is 0 Å². The largest absolute Gasteiger partial charge is 0.435 e. The Morgan fingerprint density at radius 1 is 1.39 bits per heavy atom. The summed E-state index contributed by atoms with van der Waals surface area (Å²) in [5, 5.41) is 0. The molecule has 1 rings (SSSR count). The van der Waals surface area contributed by atoms with Gasteiger partial charge in [0.1, 0.15) is 4.88 Å². The highest BCUT2D eigenvalue weighted by Crippen LogP contribution is 2.37. The molecule has 102 valence electrons. The third-order valence-electron chi connectivity index (χ3n) is 1.45. The molecule has 0 atom stereocenters. The smallest absolute Gasteiger partial charge is 0.423 e. The van der Waals surface area contributed by atoms with Gasteiger partial charge in [-0.1, -0.05) is 46.1 Å². The minimum absolute atomic E-state index is 0.300. The van der Waals surface area contributed by atoms with E-state index in [1.54, 1.807) is 0 Å². The topological polar surface area (TPSA) is 39.2 Å². The second-order valence-electron chi connectivity index (χ2n) is 2.80. The summed E-state index contributed by atoms with van der Waals surface area (Å²) in [5.74, 6) is -1.92. The third kappa shape index (κ3) is 4.03. The van der Waals surface area contributed by atoms with Gasteiger partial charge in [0.15, 0.2) is 10.2 Å². The van der Waals surface area contributed by atoms with E-state index in [2.05, 4.69) is 9.72 Å². The van der Waals surface area contributed by atoms with Crippen LogP contribution in [0, 0.1) is 0 Å². The van der Waals surface area contributed by atoms with E-state index in [0.29, 0.717) is 11.3 Å². The Hall–Kier alpha value is 0.0500. The number of ether oxygens (including phenoxy) is 1. The van der Waals surface area contributed by atoms with Crippen molar-refractivity contribution in [1.29, 1.82) is 0 Å². The lowest BCUT2D eigenvalue weighted by atomic mass is 10.3. The number of thiazole rings is 1. The van der Waals surface area contributed by atoms with E-state index in [4.69, 9.17) is 46.4 Å². The molecule has 11 heteroatoms. The number of halogens is 7. The zero-order valence-electron chi connectivity index (χ0n) is 8.02. The number of carbonyl (C=O) groups excluding carboxylic acids is 1. The van der Waals surface area contributed by atoms with Crippen molar-refractivity contribution in [1.82, 2.24) is 4.98 Å². The molecule has 0 aromatic carbocycles. The number of rotatable bonds is 3. The third-order valence-corrected chi connectivity index (χ3v) is 3.66. The maximum atomic E-state index is 12.5. The Kier molecular flexibility index (Phi) is 4.99. The van der Waals surface area contributed by atoms with E-state index in [1.165, 1.54) is 0 Å². The van der Waals surface area contributed by atoms with E-state index >= 15 is 0 Å². The molecular weight excluding hydrogens is 361 g/mol. The molecule has 0 saturated heterocycles. The molecule has 0 unspecified atom stereocenters. The first-order valence-corrected chi connectivity index (χ1v) is 6.46. The van der Waals surface area contributed by atoms with Crippen LogP contribution in [0.3, 0.4) is 0 Å². The van der Waals surface area contributed by atoms with Crippen LogP contribution in [0.25, 0.3) is 0 Å². The molecule has 0 aliphatic heterocycles. The van der Waals surface area contributed by atoms with Crippen LogP contribution >= 0.6 is 57.7 Å². The molecule has 0 saturated carbocycles. The van der Waals surface area contributed by atoms with E-state index in [-0.39, 0.29) is 0 Å². The van der Waals surface area contributed by atoms with E-state index in [1.807, 2.05) is 0 Å². The highest BCUT2D eigenvalue weighted by Gasteiger charge is 2.41. The van der Waals surface area contributed by atoms with Crippen LogP contribution in [0.15, 0.2) is 0 Å². The van der Waals surface area contributed by atoms with Crippen LogP contribution in [0.2, 0.25) is 4.47 Å². The summed E-state index contributed by atoms with van der Waals surface area (Å²) in [5.41, 5.74) is -1.46. The molecular formula is C7H2Cl4F3NO2S. The summed E-state index contributed by atoms with van der Waals surface area (Å²) in [7, 11) is 0. The van der Waals surface area contributed by atoms with Crippen LogP contribution in [-0.4, -0.2) is 21.4 Å². The van der Waals surface area contributed by atoms with E-state index < -0.39 is 37.6 Å². The summed E-state index contributed by atoms with van der Waals surface area (Å²) in [4.78, 5) is 13.6. The second kappa shape index (κ2) is 5.58. The predicted molar refractivity (Wildman–Crippen MR) is 62.7 cm³/mol. The SMILES string of the molecule is O=C(OC(Cl)(Cl)CCl)c1sc(Cl)nc1C(F)(F)F. The molecule has 3 nitrogen and oxygen atoms in total. The summed E-state index contributed by atoms with van der Waals surface area (Å²) in [6.07, 6.45) is -4.85. The van der Waals surface area contributed by atoms with Crippen molar-refractivity contribution in [2.24, 2.45) is 0 Å². The Balaban J connectivity index is 3.07. The first kappa shape index (κ1) is 16.1. The van der Waals surface area contributed by atoms with Gasteiger partial charge in [-0.15, -0.1) is 11.6 Å². The molecule has 0 aliphatic carbocycles. The van der Waals surface area contributed by atoms with Crippen molar-refractivity contribution in [3.63, 3.8) is 0 Å². The minimum Gasteiger partial charge on any atom is -0.423 e. The summed E-state index contributed by atoms with van der Waals surface area (Å²) in [6, 6.07) is 0. The predicted octanol–water partition coefficient (Wildman–Crippen LogP) is 4.34. The van der Waals surface area contributed by atoms with Crippen molar-refractivity contribution in [2.75, 3.05) is 5.88 Å². The number of aromatic nitrogens is 1. The van der Waals surface area contributed by atoms with Gasteiger partial charge in [-0.2, -0.15) is 13.2 Å². The van der Waals surface area contributed by atoms with Gasteiger partial charge in [-0.25, -0.2) is 9.78 Å². The van der Waals surface area contributed by atoms with Gasteiger partial charge in [0.2, 0.25) is 0 Å². The lowest BCUT2D eigenvalue weighted by Gasteiger charge is -2.16. The quantitative estimate of drug-likeness (QED) is 0.593. The molecule has 0 amide bonds. The molecule has 0 fully saturated rings. The van der Waals surface area contributed by atoms with Gasteiger partial charge >= 0.3 is 12.1 Å². The monoisotopic (exact) mass is 361 g/mol. The fourth-order valence-corrected chi connectivity index (χ4v) is 2.03. The van der Waals surface area contributed by atoms with Gasteiger partial charge in [-0.3, -0.25) is 0 Å². The first-order chi connectivity index (χ1) is 8.07. The van der Waals surface area contributed by atoms with Gasteiger partial charge in [0, 0.05) is 0 Å². The lowest BCUT2D eigenvalue weighted by molar-refractivity contribution is -0.141. The van der Waals surface area contributed by atoms with E-state index in [9.17, 15) is 18.0 Å². The minimum atomic E-state index is -4.85. The van der Waals surface area contributed by atoms with Crippen LogP contribution in [-0.2, 0) is 10.9 Å². The molecule has 0 N–H and O–H groups in total. The highest BCUT2D eigenvalue weighted by molar-refractivity contribution is 7.17. The molecule has 0 bridgehead atoms. The van der Waals surface area contributed by atoms with Gasteiger partial charge < -0.3 is 4.74 Å². The normalized spacial score (nSPS) is 12.6. The maximum absolute atomic E-state index is 12.5. The van der Waals surface area contributed by atoms with Crippen LogP contribution in [0.1, 0.15) is 15.4 Å².